The Hall–Kier alpha value is -0.561. The summed E-state index contributed by atoms with van der Waals surface area (Å²) in [4.78, 5) is 2.42. The predicted octanol–water partition coefficient (Wildman–Crippen LogP) is 5.89. The fourth-order valence-electron chi connectivity index (χ4n) is 2.23. The monoisotopic (exact) mass is 399 g/mol. The zero-order chi connectivity index (χ0) is 19.0. The molecule has 0 fully saturated rings. The fourth-order valence-corrected chi connectivity index (χ4v) is 3.63. The average molecular weight is 399 g/mol. The van der Waals surface area contributed by atoms with Gasteiger partial charge in [-0.05, 0) is 0 Å². The van der Waals surface area contributed by atoms with Crippen LogP contribution in [0.15, 0.2) is 30.3 Å². The van der Waals surface area contributed by atoms with Crippen LogP contribution in [0, 0.1) is 5.92 Å². The Morgan fingerprint density at radius 3 is 2.25 bits per heavy atom. The van der Waals surface area contributed by atoms with Gasteiger partial charge in [-0.3, -0.25) is 0 Å². The first-order chi connectivity index (χ1) is 11.5. The Balaban J connectivity index is 0. The first kappa shape index (κ1) is 25.7. The molecule has 0 aliphatic heterocycles. The van der Waals surface area contributed by atoms with Crippen molar-refractivity contribution in [1.82, 2.24) is 4.90 Å². The van der Waals surface area contributed by atoms with Crippen molar-refractivity contribution >= 4 is 25.0 Å². The van der Waals surface area contributed by atoms with Crippen molar-refractivity contribution in [1.29, 1.82) is 0 Å². The molecular weight excluding hydrogens is 357 g/mol. The van der Waals surface area contributed by atoms with Gasteiger partial charge in [0.2, 0.25) is 0 Å². The molecule has 0 aromatic heterocycles. The van der Waals surface area contributed by atoms with Crippen LogP contribution in [0.5, 0.6) is 0 Å². The topological polar surface area (TPSA) is 3.24 Å². The van der Waals surface area contributed by atoms with E-state index in [9.17, 15) is 0 Å². The molecular formula is C22H41NSe. The molecule has 1 aromatic carbocycles. The molecule has 0 aliphatic carbocycles. The molecule has 0 atom stereocenters. The van der Waals surface area contributed by atoms with E-state index >= 15 is 0 Å². The van der Waals surface area contributed by atoms with E-state index in [2.05, 4.69) is 68.9 Å². The summed E-state index contributed by atoms with van der Waals surface area (Å²) < 4.78 is 1.51. The molecule has 0 radical (unpaired) electrons. The Morgan fingerprint density at radius 1 is 1.12 bits per heavy atom. The van der Waals surface area contributed by atoms with Gasteiger partial charge in [0.05, 0.1) is 0 Å². The molecule has 2 heteroatoms. The van der Waals surface area contributed by atoms with Gasteiger partial charge in [0.1, 0.15) is 0 Å². The van der Waals surface area contributed by atoms with Crippen LogP contribution in [0.1, 0.15) is 66.9 Å². The van der Waals surface area contributed by atoms with E-state index in [1.807, 2.05) is 27.7 Å². The van der Waals surface area contributed by atoms with Crippen LogP contribution >= 0.6 is 0 Å². The van der Waals surface area contributed by atoms with Gasteiger partial charge in [0.25, 0.3) is 0 Å². The summed E-state index contributed by atoms with van der Waals surface area (Å²) in [6, 6.07) is 8.81. The average Bonchev–Trinajstić information content (AvgIpc) is 2.62. The van der Waals surface area contributed by atoms with Gasteiger partial charge >= 0.3 is 131 Å². The molecule has 0 aliphatic rings. The summed E-state index contributed by atoms with van der Waals surface area (Å²) in [5.74, 6) is 3.11. The van der Waals surface area contributed by atoms with Crippen LogP contribution in [-0.4, -0.2) is 40.0 Å². The minimum absolute atomic E-state index is 0.564. The van der Waals surface area contributed by atoms with Crippen molar-refractivity contribution in [2.75, 3.05) is 20.1 Å². The van der Waals surface area contributed by atoms with Gasteiger partial charge in [-0.25, -0.2) is 0 Å². The second-order valence-corrected chi connectivity index (χ2v) is 7.67. The summed E-state index contributed by atoms with van der Waals surface area (Å²) in [7, 11) is 2.22. The molecule has 1 nitrogen and oxygen atoms in total. The summed E-state index contributed by atoms with van der Waals surface area (Å²) in [5.41, 5.74) is 2.85. The van der Waals surface area contributed by atoms with Gasteiger partial charge in [0, 0.05) is 0 Å². The van der Waals surface area contributed by atoms with Crippen LogP contribution in [0.2, 0.25) is 5.82 Å². The third kappa shape index (κ3) is 11.9. The summed E-state index contributed by atoms with van der Waals surface area (Å²) >= 11 is 0.564. The molecule has 1 aromatic rings. The molecule has 0 bridgehead atoms. The van der Waals surface area contributed by atoms with E-state index in [1.54, 1.807) is 0 Å². The number of nitrogens with zero attached hydrogens (tertiary/aromatic N) is 1. The molecule has 0 unspecified atom stereocenters. The summed E-state index contributed by atoms with van der Waals surface area (Å²) in [6.07, 6.45) is 5.00. The molecule has 24 heavy (non-hydrogen) atoms. The van der Waals surface area contributed by atoms with Crippen molar-refractivity contribution < 1.29 is 0 Å². The zero-order valence-corrected chi connectivity index (χ0v) is 19.4. The molecule has 0 spiro atoms. The maximum atomic E-state index is 2.42. The van der Waals surface area contributed by atoms with E-state index in [0.717, 1.165) is 12.5 Å². The quantitative estimate of drug-likeness (QED) is 0.494. The Morgan fingerprint density at radius 2 is 1.71 bits per heavy atom. The van der Waals surface area contributed by atoms with E-state index in [1.165, 1.54) is 35.0 Å². The summed E-state index contributed by atoms with van der Waals surface area (Å²) in [5, 5.41) is 0. The Bertz CT molecular complexity index is 424. The Kier molecular flexibility index (Phi) is 18.5. The van der Waals surface area contributed by atoms with Crippen LogP contribution in [0.25, 0.3) is 5.57 Å². The molecule has 0 saturated heterocycles. The van der Waals surface area contributed by atoms with E-state index in [4.69, 9.17) is 0 Å². The van der Waals surface area contributed by atoms with Crippen molar-refractivity contribution in [2.24, 2.45) is 5.92 Å². The Labute approximate surface area is 159 Å². The van der Waals surface area contributed by atoms with Crippen LogP contribution in [0.4, 0.5) is 0 Å². The number of hydrogen-bond acceptors (Lipinski definition) is 1. The van der Waals surface area contributed by atoms with Crippen molar-refractivity contribution in [2.45, 2.75) is 67.1 Å². The second-order valence-electron chi connectivity index (χ2n) is 5.89. The van der Waals surface area contributed by atoms with Crippen LogP contribution < -0.4 is 4.46 Å². The van der Waals surface area contributed by atoms with Gasteiger partial charge < -0.3 is 0 Å². The van der Waals surface area contributed by atoms with Crippen molar-refractivity contribution in [3.63, 3.8) is 0 Å². The first-order valence-electron chi connectivity index (χ1n) is 9.53. The molecule has 1 rings (SSSR count). The zero-order valence-electron chi connectivity index (χ0n) is 17.6. The number of benzene rings is 1. The number of allylic oxidation sites excluding steroid dienone is 1. The van der Waals surface area contributed by atoms with Gasteiger partial charge in [-0.1, -0.05) is 27.7 Å². The van der Waals surface area contributed by atoms with Crippen molar-refractivity contribution in [3.05, 3.63) is 35.9 Å². The first-order valence-corrected chi connectivity index (χ1v) is 12.1. The summed E-state index contributed by atoms with van der Waals surface area (Å²) in [6.45, 7) is 17.1. The fraction of sp³-hybridized carbons (Fsp3) is 0.636. The van der Waals surface area contributed by atoms with Gasteiger partial charge in [-0.2, -0.15) is 0 Å². The molecule has 140 valence electrons. The van der Waals surface area contributed by atoms with E-state index < -0.39 is 0 Å². The molecule has 0 heterocycles. The second kappa shape index (κ2) is 17.3. The third-order valence-corrected chi connectivity index (χ3v) is 5.23. The van der Waals surface area contributed by atoms with E-state index in [0.29, 0.717) is 15.0 Å². The standard InChI is InChI=1S/C18H29NSe.2C2H6/c1-15(2)9-8-13-19(4)14-12-16(3)17-10-6-7-11-18(17)20-5;2*1-2/h6-7,10-12,15H,8-9,13-14H2,1-5H3;2*1-2H3/b16-12+;;. The van der Waals surface area contributed by atoms with Crippen molar-refractivity contribution in [3.8, 4) is 0 Å². The number of hydrogen-bond donors (Lipinski definition) is 0. The van der Waals surface area contributed by atoms with E-state index in [-0.39, 0.29) is 0 Å². The van der Waals surface area contributed by atoms with Crippen LogP contribution in [0.3, 0.4) is 0 Å². The molecule has 0 saturated carbocycles. The molecule has 0 amide bonds. The predicted molar refractivity (Wildman–Crippen MR) is 116 cm³/mol. The number of likely N-dealkylation sites (N-methyl/N-ethyl adjacent to an activating group) is 1. The minimum atomic E-state index is 0.564. The SMILES string of the molecule is CC.CC.C[Se]c1ccccc1/C(C)=C/CN(C)CCCC(C)C. The normalized spacial score (nSPS) is 10.9. The maximum absolute atomic E-state index is 2.42. The molecule has 0 N–H and O–H groups in total. The van der Waals surface area contributed by atoms with Gasteiger partial charge in [0.15, 0.2) is 0 Å². The third-order valence-electron chi connectivity index (χ3n) is 3.56. The number of rotatable bonds is 8. The van der Waals surface area contributed by atoms with Gasteiger partial charge in [-0.15, -0.1) is 0 Å². The van der Waals surface area contributed by atoms with Crippen LogP contribution in [-0.2, 0) is 0 Å².